The van der Waals surface area contributed by atoms with Crippen LogP contribution in [0.2, 0.25) is 0 Å². The van der Waals surface area contributed by atoms with Crippen molar-refractivity contribution in [3.05, 3.63) is 29.3 Å². The summed E-state index contributed by atoms with van der Waals surface area (Å²) in [6.07, 6.45) is 0. The average Bonchev–Trinajstić information content (AvgIpc) is 2.07. The Morgan fingerprint density at radius 1 is 1.31 bits per heavy atom. The highest BCUT2D eigenvalue weighted by Crippen LogP contribution is 2.20. The van der Waals surface area contributed by atoms with Crippen LogP contribution in [0.25, 0.3) is 0 Å². The molecule has 16 heavy (non-hydrogen) atoms. The molecule has 0 saturated carbocycles. The van der Waals surface area contributed by atoms with E-state index in [2.05, 4.69) is 5.14 Å². The van der Waals surface area contributed by atoms with Gasteiger partial charge in [-0.15, -0.1) is 0 Å². The monoisotopic (exact) mass is 252 g/mol. The lowest BCUT2D eigenvalue weighted by Gasteiger charge is -2.07. The Kier molecular flexibility index (Phi) is 3.10. The van der Waals surface area contributed by atoms with Gasteiger partial charge in [-0.05, 0) is 6.07 Å². The summed E-state index contributed by atoms with van der Waals surface area (Å²) in [6.45, 7) is 0. The van der Waals surface area contributed by atoms with Crippen molar-refractivity contribution in [2.45, 2.75) is 0 Å². The molecular formula is C7H6F2N2O4S. The lowest BCUT2D eigenvalue weighted by molar-refractivity contribution is 0.0697. The molecule has 1 aromatic carbocycles. The highest BCUT2D eigenvalue weighted by atomic mass is 32.2. The minimum absolute atomic E-state index is 0.352. The zero-order chi connectivity index (χ0) is 12.5. The maximum absolute atomic E-state index is 12.8. The number of halogens is 2. The third-order valence-corrected chi connectivity index (χ3v) is 2.05. The first-order valence-corrected chi connectivity index (χ1v) is 5.28. The number of nitrogens with one attached hydrogen (secondary N) is 1. The van der Waals surface area contributed by atoms with Gasteiger partial charge < -0.3 is 5.11 Å². The predicted octanol–water partition coefficient (Wildman–Crippen LogP) is 0.278. The van der Waals surface area contributed by atoms with E-state index in [1.165, 1.54) is 0 Å². The fraction of sp³-hybridized carbons (Fsp3) is 0. The Morgan fingerprint density at radius 3 is 2.25 bits per heavy atom. The topological polar surface area (TPSA) is 109 Å². The maximum atomic E-state index is 12.8. The number of nitrogens with two attached hydrogens (primary N) is 1. The third-order valence-electron chi connectivity index (χ3n) is 1.54. The van der Waals surface area contributed by atoms with Crippen molar-refractivity contribution in [3.63, 3.8) is 0 Å². The zero-order valence-corrected chi connectivity index (χ0v) is 8.38. The number of hydrogen-bond acceptors (Lipinski definition) is 3. The maximum Gasteiger partial charge on any atom is 0.337 e. The second-order valence-corrected chi connectivity index (χ2v) is 4.06. The molecule has 4 N–H and O–H groups in total. The molecule has 0 unspecified atom stereocenters. The SMILES string of the molecule is NS(=O)(=O)Nc1cc(F)c(F)cc1C(=O)O. The number of carbonyl (C=O) groups is 1. The molecule has 0 aliphatic rings. The van der Waals surface area contributed by atoms with Gasteiger partial charge in [0.15, 0.2) is 11.6 Å². The smallest absolute Gasteiger partial charge is 0.337 e. The molecule has 0 spiro atoms. The number of benzene rings is 1. The highest BCUT2D eigenvalue weighted by Gasteiger charge is 2.17. The van der Waals surface area contributed by atoms with E-state index in [1.807, 2.05) is 0 Å². The van der Waals surface area contributed by atoms with Crippen LogP contribution in [0.3, 0.4) is 0 Å². The van der Waals surface area contributed by atoms with Gasteiger partial charge in [0.25, 0.3) is 10.2 Å². The van der Waals surface area contributed by atoms with Crippen LogP contribution in [0.5, 0.6) is 0 Å². The van der Waals surface area contributed by atoms with Gasteiger partial charge in [0, 0.05) is 6.07 Å². The summed E-state index contributed by atoms with van der Waals surface area (Å²) in [4.78, 5) is 10.6. The first-order chi connectivity index (χ1) is 7.20. The number of carboxylic acids is 1. The number of carboxylic acid groups (broad SMARTS) is 1. The summed E-state index contributed by atoms with van der Waals surface area (Å²) in [5.74, 6) is -4.42. The van der Waals surface area contributed by atoms with Gasteiger partial charge in [-0.1, -0.05) is 0 Å². The van der Waals surface area contributed by atoms with Crippen molar-refractivity contribution in [1.29, 1.82) is 0 Å². The molecule has 0 aromatic heterocycles. The Labute approximate surface area is 88.9 Å². The van der Waals surface area contributed by atoms with Crippen LogP contribution in [0.1, 0.15) is 10.4 Å². The molecule has 0 aliphatic heterocycles. The molecule has 0 fully saturated rings. The molecule has 0 amide bonds. The number of anilines is 1. The second kappa shape index (κ2) is 4.02. The van der Waals surface area contributed by atoms with Crippen molar-refractivity contribution in [2.75, 3.05) is 4.72 Å². The van der Waals surface area contributed by atoms with Gasteiger partial charge in [0.1, 0.15) is 0 Å². The van der Waals surface area contributed by atoms with Crippen molar-refractivity contribution < 1.29 is 27.1 Å². The second-order valence-electron chi connectivity index (χ2n) is 2.76. The zero-order valence-electron chi connectivity index (χ0n) is 7.57. The van der Waals surface area contributed by atoms with E-state index in [1.54, 1.807) is 4.72 Å². The summed E-state index contributed by atoms with van der Waals surface area (Å²) in [7, 11) is -4.27. The molecule has 6 nitrogen and oxygen atoms in total. The molecule has 0 heterocycles. The molecule has 0 aliphatic carbocycles. The lowest BCUT2D eigenvalue weighted by atomic mass is 10.2. The summed E-state index contributed by atoms with van der Waals surface area (Å²) < 4.78 is 48.3. The van der Waals surface area contributed by atoms with Crippen molar-refractivity contribution in [3.8, 4) is 0 Å². The van der Waals surface area contributed by atoms with Gasteiger partial charge in [0.2, 0.25) is 0 Å². The first kappa shape index (κ1) is 12.3. The quantitative estimate of drug-likeness (QED) is 0.717. The molecule has 1 rings (SSSR count). The normalized spacial score (nSPS) is 11.2. The summed E-state index contributed by atoms with van der Waals surface area (Å²) >= 11 is 0. The van der Waals surface area contributed by atoms with Gasteiger partial charge >= 0.3 is 5.97 Å². The van der Waals surface area contributed by atoms with Gasteiger partial charge in [0.05, 0.1) is 11.3 Å². The summed E-state index contributed by atoms with van der Waals surface area (Å²) in [6, 6.07) is 0.744. The van der Waals surface area contributed by atoms with E-state index in [9.17, 15) is 22.0 Å². The van der Waals surface area contributed by atoms with Crippen LogP contribution < -0.4 is 9.86 Å². The van der Waals surface area contributed by atoms with Crippen molar-refractivity contribution in [1.82, 2.24) is 0 Å². The molecule has 0 bridgehead atoms. The molecular weight excluding hydrogens is 246 g/mol. The summed E-state index contributed by atoms with van der Waals surface area (Å²) in [5.41, 5.74) is -1.39. The minimum atomic E-state index is -4.27. The Morgan fingerprint density at radius 2 is 1.81 bits per heavy atom. The minimum Gasteiger partial charge on any atom is -0.478 e. The van der Waals surface area contributed by atoms with Crippen LogP contribution in [0, 0.1) is 11.6 Å². The molecule has 0 radical (unpaired) electrons. The van der Waals surface area contributed by atoms with E-state index < -0.39 is 39.1 Å². The molecule has 9 heteroatoms. The molecule has 88 valence electrons. The Bertz CT molecular complexity index is 544. The van der Waals surface area contributed by atoms with Crippen molar-refractivity contribution in [2.24, 2.45) is 5.14 Å². The average molecular weight is 252 g/mol. The lowest BCUT2D eigenvalue weighted by Crippen LogP contribution is -2.23. The molecule has 0 saturated heterocycles. The van der Waals surface area contributed by atoms with Crippen LogP contribution in [-0.2, 0) is 10.2 Å². The fourth-order valence-corrected chi connectivity index (χ4v) is 1.44. The van der Waals surface area contributed by atoms with Crippen LogP contribution in [0.4, 0.5) is 14.5 Å². The molecule has 1 aromatic rings. The predicted molar refractivity (Wildman–Crippen MR) is 50.0 cm³/mol. The van der Waals surface area contributed by atoms with Gasteiger partial charge in [-0.25, -0.2) is 18.7 Å². The van der Waals surface area contributed by atoms with E-state index in [0.717, 1.165) is 0 Å². The highest BCUT2D eigenvalue weighted by molar-refractivity contribution is 7.90. The van der Waals surface area contributed by atoms with Crippen LogP contribution in [0.15, 0.2) is 12.1 Å². The first-order valence-electron chi connectivity index (χ1n) is 3.73. The van der Waals surface area contributed by atoms with Crippen molar-refractivity contribution >= 4 is 21.9 Å². The number of aromatic carboxylic acids is 1. The molecule has 0 atom stereocenters. The van der Waals surface area contributed by atoms with E-state index in [4.69, 9.17) is 5.11 Å². The van der Waals surface area contributed by atoms with Gasteiger partial charge in [-0.2, -0.15) is 8.42 Å². The van der Waals surface area contributed by atoms with Crippen LogP contribution >= 0.6 is 0 Å². The number of hydrogen-bond donors (Lipinski definition) is 3. The third kappa shape index (κ3) is 2.87. The largest absolute Gasteiger partial charge is 0.478 e. The summed E-state index contributed by atoms with van der Waals surface area (Å²) in [5, 5.41) is 13.2. The Balaban J connectivity index is 3.36. The Hall–Kier alpha value is -1.74. The standard InChI is InChI=1S/C7H6F2N2O4S/c8-4-1-3(7(12)13)6(2-5(4)9)11-16(10,14)15/h1-2,11H,(H,12,13)(H2,10,14,15). The van der Waals surface area contributed by atoms with E-state index in [0.29, 0.717) is 12.1 Å². The number of rotatable bonds is 3. The fourth-order valence-electron chi connectivity index (χ4n) is 0.961. The van der Waals surface area contributed by atoms with E-state index >= 15 is 0 Å². The van der Waals surface area contributed by atoms with E-state index in [-0.39, 0.29) is 0 Å². The van der Waals surface area contributed by atoms with Gasteiger partial charge in [-0.3, -0.25) is 4.72 Å². The van der Waals surface area contributed by atoms with Crippen LogP contribution in [-0.4, -0.2) is 19.5 Å².